The Balaban J connectivity index is 1.66. The van der Waals surface area contributed by atoms with E-state index in [2.05, 4.69) is 20.4 Å². The Morgan fingerprint density at radius 1 is 1.24 bits per heavy atom. The fourth-order valence-corrected chi connectivity index (χ4v) is 3.66. The monoisotopic (exact) mass is 449 g/mol. The summed E-state index contributed by atoms with van der Waals surface area (Å²) < 4.78 is 1.63. The number of aromatic nitrogens is 4. The number of amides is 2. The molecule has 33 heavy (non-hydrogen) atoms. The van der Waals surface area contributed by atoms with Gasteiger partial charge >= 0.3 is 0 Å². The van der Waals surface area contributed by atoms with Gasteiger partial charge in [0.1, 0.15) is 5.69 Å². The minimum absolute atomic E-state index is 0.0262. The molecule has 4 N–H and O–H groups in total. The van der Waals surface area contributed by atoms with Crippen molar-refractivity contribution in [1.82, 2.24) is 30.0 Å². The van der Waals surface area contributed by atoms with Crippen molar-refractivity contribution in [3.8, 4) is 22.6 Å². The first kappa shape index (κ1) is 22.6. The summed E-state index contributed by atoms with van der Waals surface area (Å²) in [6, 6.07) is 8.31. The molecule has 1 aromatic carbocycles. The Kier molecular flexibility index (Phi) is 6.47. The van der Waals surface area contributed by atoms with Gasteiger partial charge in [-0.25, -0.2) is 9.97 Å². The van der Waals surface area contributed by atoms with E-state index < -0.39 is 11.9 Å². The number of hydrogen-bond donors (Lipinski definition) is 3. The average molecular weight is 450 g/mol. The molecular weight excluding hydrogens is 422 g/mol. The van der Waals surface area contributed by atoms with Crippen molar-refractivity contribution in [3.63, 3.8) is 0 Å². The summed E-state index contributed by atoms with van der Waals surface area (Å²) in [5.41, 5.74) is 8.61. The van der Waals surface area contributed by atoms with Crippen LogP contribution >= 0.6 is 0 Å². The van der Waals surface area contributed by atoms with Gasteiger partial charge in [-0.05, 0) is 31.5 Å². The maximum Gasteiger partial charge on any atom is 0.270 e. The predicted octanol–water partition coefficient (Wildman–Crippen LogP) is 0.828. The van der Waals surface area contributed by atoms with E-state index in [9.17, 15) is 14.7 Å². The number of carbonyl (C=O) groups excluding carboxylic acids is 2. The number of benzene rings is 1. The third-order valence-electron chi connectivity index (χ3n) is 5.51. The van der Waals surface area contributed by atoms with Crippen molar-refractivity contribution < 1.29 is 14.7 Å². The molecule has 4 rings (SSSR count). The Morgan fingerprint density at radius 3 is 2.61 bits per heavy atom. The van der Waals surface area contributed by atoms with Gasteiger partial charge in [-0.1, -0.05) is 12.1 Å². The number of nitrogens with two attached hydrogens (primary N) is 1. The van der Waals surface area contributed by atoms with Gasteiger partial charge in [-0.15, -0.1) is 0 Å². The number of rotatable bonds is 6. The summed E-state index contributed by atoms with van der Waals surface area (Å²) in [6.07, 6.45) is 4.20. The lowest BCUT2D eigenvalue weighted by Gasteiger charge is -2.16. The third kappa shape index (κ3) is 5.07. The molecule has 1 saturated heterocycles. The van der Waals surface area contributed by atoms with Crippen LogP contribution in [0.3, 0.4) is 0 Å². The van der Waals surface area contributed by atoms with Crippen molar-refractivity contribution in [2.24, 2.45) is 12.8 Å². The van der Waals surface area contributed by atoms with Gasteiger partial charge in [-0.2, -0.15) is 5.10 Å². The summed E-state index contributed by atoms with van der Waals surface area (Å²) in [5, 5.41) is 16.1. The molecule has 172 valence electrons. The molecule has 3 aromatic rings. The molecule has 0 bridgehead atoms. The van der Waals surface area contributed by atoms with E-state index in [0.717, 1.165) is 12.0 Å². The quantitative estimate of drug-likeness (QED) is 0.506. The van der Waals surface area contributed by atoms with Gasteiger partial charge in [0.25, 0.3) is 11.8 Å². The van der Waals surface area contributed by atoms with Gasteiger partial charge in [-0.3, -0.25) is 14.3 Å². The summed E-state index contributed by atoms with van der Waals surface area (Å²) in [6.45, 7) is 2.74. The van der Waals surface area contributed by atoms with Crippen LogP contribution in [-0.4, -0.2) is 73.3 Å². The van der Waals surface area contributed by atoms with Crippen LogP contribution in [-0.2, 0) is 7.05 Å². The molecule has 2 aromatic heterocycles. The second-order valence-corrected chi connectivity index (χ2v) is 8.30. The number of hydrogen-bond acceptors (Lipinski definition) is 7. The maximum absolute atomic E-state index is 12.7. The molecule has 0 saturated carbocycles. The normalized spacial score (nSPS) is 16.6. The Labute approximate surface area is 191 Å². The van der Waals surface area contributed by atoms with E-state index in [4.69, 9.17) is 5.73 Å². The molecule has 0 radical (unpaired) electrons. The Bertz CT molecular complexity index is 1160. The zero-order valence-corrected chi connectivity index (χ0v) is 18.6. The molecule has 1 unspecified atom stereocenters. The van der Waals surface area contributed by atoms with E-state index in [1.54, 1.807) is 66.3 Å². The minimum atomic E-state index is -0.415. The molecule has 10 nitrogen and oxygen atoms in total. The molecule has 1 fully saturated rings. The highest BCUT2D eigenvalue weighted by Gasteiger charge is 2.24. The number of aliphatic hydroxyl groups is 1. The van der Waals surface area contributed by atoms with E-state index >= 15 is 0 Å². The van der Waals surface area contributed by atoms with E-state index in [0.29, 0.717) is 35.7 Å². The molecule has 2 amide bonds. The molecule has 0 spiro atoms. The Morgan fingerprint density at radius 2 is 2.00 bits per heavy atom. The van der Waals surface area contributed by atoms with Crippen molar-refractivity contribution in [2.75, 3.05) is 19.7 Å². The average Bonchev–Trinajstić information content (AvgIpc) is 3.46. The fraction of sp³-hybridized carbons (Fsp3) is 0.348. The van der Waals surface area contributed by atoms with Gasteiger partial charge in [0.05, 0.1) is 24.1 Å². The molecule has 10 heteroatoms. The maximum atomic E-state index is 12.7. The highest BCUT2D eigenvalue weighted by Crippen LogP contribution is 2.24. The topological polar surface area (TPSA) is 139 Å². The van der Waals surface area contributed by atoms with E-state index in [1.807, 2.05) is 0 Å². The van der Waals surface area contributed by atoms with Crippen LogP contribution in [0, 0.1) is 0 Å². The van der Waals surface area contributed by atoms with Gasteiger partial charge in [0.15, 0.2) is 5.82 Å². The largest absolute Gasteiger partial charge is 0.394 e. The zero-order chi connectivity index (χ0) is 23.5. The molecule has 1 aliphatic heterocycles. The first-order chi connectivity index (χ1) is 15.8. The highest BCUT2D eigenvalue weighted by atomic mass is 16.3. The smallest absolute Gasteiger partial charge is 0.270 e. The van der Waals surface area contributed by atoms with Gasteiger partial charge in [0.2, 0.25) is 0 Å². The number of nitrogens with zero attached hydrogens (tertiary/aromatic N) is 5. The van der Waals surface area contributed by atoms with Crippen molar-refractivity contribution in [1.29, 1.82) is 0 Å². The first-order valence-electron chi connectivity index (χ1n) is 10.8. The summed E-state index contributed by atoms with van der Waals surface area (Å²) >= 11 is 0. The summed E-state index contributed by atoms with van der Waals surface area (Å²) in [4.78, 5) is 36.2. The van der Waals surface area contributed by atoms with Crippen LogP contribution in [0.15, 0.2) is 42.7 Å². The number of aliphatic hydroxyl groups excluding tert-OH is 1. The number of nitrogens with one attached hydrogen (secondary N) is 1. The molecule has 2 atom stereocenters. The second-order valence-electron chi connectivity index (χ2n) is 8.30. The lowest BCUT2D eigenvalue weighted by atomic mass is 10.1. The second kappa shape index (κ2) is 9.47. The van der Waals surface area contributed by atoms with E-state index in [1.165, 1.54) is 0 Å². The number of aryl methyl sites for hydroxylation is 1. The van der Waals surface area contributed by atoms with Crippen molar-refractivity contribution in [2.45, 2.75) is 25.4 Å². The molecule has 1 aliphatic rings. The summed E-state index contributed by atoms with van der Waals surface area (Å²) in [5.74, 6) is -0.109. The van der Waals surface area contributed by atoms with Crippen LogP contribution < -0.4 is 11.1 Å². The van der Waals surface area contributed by atoms with Crippen molar-refractivity contribution >= 4 is 11.8 Å². The minimum Gasteiger partial charge on any atom is -0.394 e. The molecule has 0 aliphatic carbocycles. The Hall–Kier alpha value is -3.63. The lowest BCUT2D eigenvalue weighted by molar-refractivity contribution is 0.0790. The van der Waals surface area contributed by atoms with Crippen molar-refractivity contribution in [3.05, 3.63) is 54.0 Å². The highest BCUT2D eigenvalue weighted by molar-refractivity contribution is 5.95. The number of likely N-dealkylation sites (tertiary alicyclic amines) is 1. The SMILES string of the molecule is C[C@@H](CO)NC(=O)c1cc(-c2ccc(C(=O)N3CCC(N)C3)cc2)nc(-c2cnn(C)c2)n1. The predicted molar refractivity (Wildman–Crippen MR) is 122 cm³/mol. The van der Waals surface area contributed by atoms with Crippen LogP contribution in [0.2, 0.25) is 0 Å². The fourth-order valence-electron chi connectivity index (χ4n) is 3.66. The van der Waals surface area contributed by atoms with Crippen LogP contribution in [0.4, 0.5) is 0 Å². The summed E-state index contributed by atoms with van der Waals surface area (Å²) in [7, 11) is 1.78. The zero-order valence-electron chi connectivity index (χ0n) is 18.6. The standard InChI is InChI=1S/C23H27N7O3/c1-14(13-31)26-22(32)20-9-19(27-21(28-20)17-10-25-29(2)11-17)15-3-5-16(6-4-15)23(33)30-8-7-18(24)12-30/h3-6,9-11,14,18,31H,7-8,12-13,24H2,1-2H3,(H,26,32)/t14-,18?/m0/s1. The third-order valence-corrected chi connectivity index (χ3v) is 5.51. The van der Waals surface area contributed by atoms with Crippen LogP contribution in [0.5, 0.6) is 0 Å². The first-order valence-corrected chi connectivity index (χ1v) is 10.8. The number of carbonyl (C=O) groups is 2. The van der Waals surface area contributed by atoms with Gasteiger partial charge < -0.3 is 21.1 Å². The lowest BCUT2D eigenvalue weighted by Crippen LogP contribution is -2.35. The van der Waals surface area contributed by atoms with E-state index in [-0.39, 0.29) is 24.2 Å². The van der Waals surface area contributed by atoms with Crippen LogP contribution in [0.25, 0.3) is 22.6 Å². The van der Waals surface area contributed by atoms with Crippen LogP contribution in [0.1, 0.15) is 34.2 Å². The molecule has 3 heterocycles. The van der Waals surface area contributed by atoms with Gasteiger partial charge in [0, 0.05) is 49.5 Å². The molecular formula is C23H27N7O3.